The minimum atomic E-state index is 0.146. The average molecular weight is 201 g/mol. The molecule has 78 valence electrons. The maximum Gasteiger partial charge on any atom is 0.0693 e. The molecule has 0 amide bonds. The Labute approximate surface area is 88.9 Å². The van der Waals surface area contributed by atoms with Crippen LogP contribution in [0, 0.1) is 0 Å². The average Bonchev–Trinajstić information content (AvgIpc) is 2.80. The molecule has 3 heteroatoms. The monoisotopic (exact) mass is 201 g/mol. The van der Waals surface area contributed by atoms with Crippen LogP contribution in [0.2, 0.25) is 0 Å². The molecule has 0 aromatic carbocycles. The summed E-state index contributed by atoms with van der Waals surface area (Å²) in [6, 6.07) is 6.28. The first-order chi connectivity index (χ1) is 7.27. The summed E-state index contributed by atoms with van der Waals surface area (Å²) in [5, 5.41) is 4.22. The van der Waals surface area contributed by atoms with Crippen molar-refractivity contribution in [2.45, 2.75) is 31.2 Å². The number of rotatable bonds is 3. The van der Waals surface area contributed by atoms with Crippen molar-refractivity contribution >= 4 is 5.52 Å². The van der Waals surface area contributed by atoms with Crippen molar-refractivity contribution in [1.29, 1.82) is 0 Å². The molecule has 3 nitrogen and oxygen atoms in total. The van der Waals surface area contributed by atoms with Crippen LogP contribution in [0.3, 0.4) is 0 Å². The lowest BCUT2D eigenvalue weighted by Crippen LogP contribution is -2.22. The molecule has 2 heterocycles. The van der Waals surface area contributed by atoms with Gasteiger partial charge >= 0.3 is 0 Å². The van der Waals surface area contributed by atoms with E-state index >= 15 is 0 Å². The van der Waals surface area contributed by atoms with Crippen LogP contribution < -0.4 is 5.73 Å². The number of fused-ring (bicyclic) bond motifs is 1. The molecule has 3 rings (SSSR count). The summed E-state index contributed by atoms with van der Waals surface area (Å²) in [5.41, 5.74) is 8.80. The summed E-state index contributed by atoms with van der Waals surface area (Å²) in [5.74, 6) is 0. The number of nitrogens with zero attached hydrogens (tertiary/aromatic N) is 2. The fraction of sp³-hybridized carbons (Fsp3) is 0.417. The van der Waals surface area contributed by atoms with Gasteiger partial charge in [0.15, 0.2) is 0 Å². The van der Waals surface area contributed by atoms with E-state index < -0.39 is 0 Å². The van der Waals surface area contributed by atoms with Gasteiger partial charge in [0, 0.05) is 17.9 Å². The number of nitrogens with two attached hydrogens (primary N) is 1. The minimum Gasteiger partial charge on any atom is -0.325 e. The Bertz CT molecular complexity index is 482. The van der Waals surface area contributed by atoms with Crippen molar-refractivity contribution in [3.05, 3.63) is 36.2 Å². The number of aromatic nitrogens is 2. The fourth-order valence-electron chi connectivity index (χ4n) is 2.02. The zero-order chi connectivity index (χ0) is 10.3. The van der Waals surface area contributed by atoms with Gasteiger partial charge in [-0.05, 0) is 43.4 Å². The van der Waals surface area contributed by atoms with Gasteiger partial charge in [0.1, 0.15) is 0 Å². The number of aryl methyl sites for hydroxylation is 1. The van der Waals surface area contributed by atoms with Gasteiger partial charge in [-0.1, -0.05) is 6.07 Å². The van der Waals surface area contributed by atoms with E-state index in [4.69, 9.17) is 5.73 Å². The molecular weight excluding hydrogens is 186 g/mol. The molecular formula is C12H15N3. The predicted octanol–water partition coefficient (Wildman–Crippen LogP) is 1.76. The number of hydrogen-bond acceptors (Lipinski definition) is 2. The molecule has 15 heavy (non-hydrogen) atoms. The summed E-state index contributed by atoms with van der Waals surface area (Å²) in [6.07, 6.45) is 8.36. The van der Waals surface area contributed by atoms with Crippen LogP contribution in [0.15, 0.2) is 30.6 Å². The molecule has 2 aromatic rings. The first-order valence-corrected chi connectivity index (χ1v) is 5.47. The predicted molar refractivity (Wildman–Crippen MR) is 59.7 cm³/mol. The molecule has 0 saturated heterocycles. The van der Waals surface area contributed by atoms with E-state index in [9.17, 15) is 0 Å². The zero-order valence-electron chi connectivity index (χ0n) is 8.69. The minimum absolute atomic E-state index is 0.146. The van der Waals surface area contributed by atoms with Crippen LogP contribution in [-0.2, 0) is 6.42 Å². The van der Waals surface area contributed by atoms with Gasteiger partial charge in [-0.2, -0.15) is 5.10 Å². The third kappa shape index (κ3) is 1.63. The maximum atomic E-state index is 6.09. The number of pyridine rings is 1. The van der Waals surface area contributed by atoms with E-state index in [0.717, 1.165) is 12.8 Å². The lowest BCUT2D eigenvalue weighted by molar-refractivity contribution is 0.609. The molecule has 0 atom stereocenters. The van der Waals surface area contributed by atoms with Crippen LogP contribution in [0.1, 0.15) is 24.8 Å². The van der Waals surface area contributed by atoms with Crippen molar-refractivity contribution in [3.8, 4) is 0 Å². The van der Waals surface area contributed by atoms with E-state index in [1.807, 2.05) is 23.0 Å². The molecule has 1 aliphatic carbocycles. The Kier molecular flexibility index (Phi) is 1.83. The van der Waals surface area contributed by atoms with E-state index in [1.165, 1.54) is 23.9 Å². The Hall–Kier alpha value is -1.35. The summed E-state index contributed by atoms with van der Waals surface area (Å²) >= 11 is 0. The van der Waals surface area contributed by atoms with Gasteiger partial charge in [0.25, 0.3) is 0 Å². The standard InChI is InChI=1S/C12H15N3/c13-12(6-7-12)5-3-10-2-1-9-15-11(10)4-8-14-15/h1-2,4,8-9H,3,5-7,13H2. The lowest BCUT2D eigenvalue weighted by Gasteiger charge is -2.08. The molecule has 0 bridgehead atoms. The third-order valence-corrected chi connectivity index (χ3v) is 3.31. The molecule has 2 N–H and O–H groups in total. The van der Waals surface area contributed by atoms with Crippen LogP contribution in [0.4, 0.5) is 0 Å². The Morgan fingerprint density at radius 2 is 2.27 bits per heavy atom. The van der Waals surface area contributed by atoms with Gasteiger partial charge in [0.2, 0.25) is 0 Å². The van der Waals surface area contributed by atoms with Gasteiger partial charge < -0.3 is 5.73 Å². The maximum absolute atomic E-state index is 6.09. The second-order valence-corrected chi connectivity index (χ2v) is 4.56. The van der Waals surface area contributed by atoms with E-state index in [0.29, 0.717) is 0 Å². The second-order valence-electron chi connectivity index (χ2n) is 4.56. The zero-order valence-corrected chi connectivity index (χ0v) is 8.69. The Balaban J connectivity index is 1.86. The Morgan fingerprint density at radius 3 is 3.07 bits per heavy atom. The molecule has 0 unspecified atom stereocenters. The van der Waals surface area contributed by atoms with Crippen LogP contribution in [-0.4, -0.2) is 15.2 Å². The largest absolute Gasteiger partial charge is 0.325 e. The van der Waals surface area contributed by atoms with Gasteiger partial charge in [-0.15, -0.1) is 0 Å². The van der Waals surface area contributed by atoms with Gasteiger partial charge in [-0.3, -0.25) is 0 Å². The topological polar surface area (TPSA) is 43.3 Å². The van der Waals surface area contributed by atoms with E-state index in [2.05, 4.69) is 17.2 Å². The molecule has 0 aliphatic heterocycles. The fourth-order valence-corrected chi connectivity index (χ4v) is 2.02. The summed E-state index contributed by atoms with van der Waals surface area (Å²) in [7, 11) is 0. The van der Waals surface area contributed by atoms with Crippen molar-refractivity contribution < 1.29 is 0 Å². The lowest BCUT2D eigenvalue weighted by atomic mass is 10.0. The molecule has 0 spiro atoms. The highest BCUT2D eigenvalue weighted by Crippen LogP contribution is 2.36. The van der Waals surface area contributed by atoms with Crippen molar-refractivity contribution in [1.82, 2.24) is 9.61 Å². The Morgan fingerprint density at radius 1 is 1.40 bits per heavy atom. The quantitative estimate of drug-likeness (QED) is 0.822. The number of hydrogen-bond donors (Lipinski definition) is 1. The normalized spacial score (nSPS) is 18.2. The highest BCUT2D eigenvalue weighted by atomic mass is 15.2. The third-order valence-electron chi connectivity index (χ3n) is 3.31. The second kappa shape index (κ2) is 3.07. The van der Waals surface area contributed by atoms with Crippen LogP contribution in [0.25, 0.3) is 5.52 Å². The molecule has 1 aliphatic rings. The molecule has 2 aromatic heterocycles. The summed E-state index contributed by atoms with van der Waals surface area (Å²) in [4.78, 5) is 0. The van der Waals surface area contributed by atoms with Crippen molar-refractivity contribution in [2.75, 3.05) is 0 Å². The summed E-state index contributed by atoms with van der Waals surface area (Å²) < 4.78 is 1.92. The molecule has 1 saturated carbocycles. The molecule has 0 radical (unpaired) electrons. The highest BCUT2D eigenvalue weighted by molar-refractivity contribution is 5.53. The highest BCUT2D eigenvalue weighted by Gasteiger charge is 2.37. The van der Waals surface area contributed by atoms with Gasteiger partial charge in [-0.25, -0.2) is 4.52 Å². The SMILES string of the molecule is NC1(CCc2cccn3nccc23)CC1. The van der Waals surface area contributed by atoms with Crippen LogP contribution in [0.5, 0.6) is 0 Å². The van der Waals surface area contributed by atoms with Crippen molar-refractivity contribution in [2.24, 2.45) is 5.73 Å². The molecule has 1 fully saturated rings. The first kappa shape index (κ1) is 8.92. The first-order valence-electron chi connectivity index (χ1n) is 5.47. The van der Waals surface area contributed by atoms with E-state index in [-0.39, 0.29) is 5.54 Å². The van der Waals surface area contributed by atoms with E-state index in [1.54, 1.807) is 0 Å². The van der Waals surface area contributed by atoms with Crippen LogP contribution >= 0.6 is 0 Å². The van der Waals surface area contributed by atoms with Crippen molar-refractivity contribution in [3.63, 3.8) is 0 Å². The van der Waals surface area contributed by atoms with Gasteiger partial charge in [0.05, 0.1) is 5.52 Å². The smallest absolute Gasteiger partial charge is 0.0693 e. The summed E-state index contributed by atoms with van der Waals surface area (Å²) in [6.45, 7) is 0.